The van der Waals surface area contributed by atoms with Gasteiger partial charge in [-0.2, -0.15) is 13.2 Å². The average molecular weight is 511 g/mol. The van der Waals surface area contributed by atoms with E-state index in [1.807, 2.05) is 30.3 Å². The van der Waals surface area contributed by atoms with Gasteiger partial charge in [-0.05, 0) is 60.6 Å². The highest BCUT2D eigenvalue weighted by atomic mass is 19.4. The molecule has 2 aromatic carbocycles. The third-order valence-corrected chi connectivity index (χ3v) is 6.83. The molecule has 0 aliphatic heterocycles. The number of carbonyl (C=O) groups is 1. The van der Waals surface area contributed by atoms with Crippen LogP contribution in [-0.2, 0) is 24.0 Å². The minimum absolute atomic E-state index is 0.0380. The van der Waals surface area contributed by atoms with E-state index in [9.17, 15) is 18.0 Å². The van der Waals surface area contributed by atoms with Gasteiger partial charge in [0.1, 0.15) is 23.8 Å². The second-order valence-electron chi connectivity index (χ2n) is 9.27. The van der Waals surface area contributed by atoms with Crippen LogP contribution in [0.1, 0.15) is 28.8 Å². The molecule has 6 nitrogen and oxygen atoms in total. The zero-order valence-corrected chi connectivity index (χ0v) is 20.2. The Balaban J connectivity index is 1.42. The van der Waals surface area contributed by atoms with Crippen LogP contribution in [-0.4, -0.2) is 27.6 Å². The largest absolute Gasteiger partial charge is 0.497 e. The Hall–Kier alpha value is -4.01. The number of hydrogen-bond donors (Lipinski definition) is 1. The highest BCUT2D eigenvalue weighted by Gasteiger charge is 2.42. The van der Waals surface area contributed by atoms with Crippen LogP contribution in [0.4, 0.5) is 13.2 Å². The molecule has 0 saturated heterocycles. The fourth-order valence-corrected chi connectivity index (χ4v) is 4.71. The number of halogens is 3. The maximum atomic E-state index is 14.0. The van der Waals surface area contributed by atoms with Crippen molar-refractivity contribution in [2.75, 3.05) is 7.11 Å². The number of pyridine rings is 1. The molecule has 0 spiro atoms. The predicted octanol–water partition coefficient (Wildman–Crippen LogP) is 6.18. The van der Waals surface area contributed by atoms with Crippen molar-refractivity contribution in [2.24, 2.45) is 11.8 Å². The third kappa shape index (κ3) is 4.98. The van der Waals surface area contributed by atoms with Crippen molar-refractivity contribution >= 4 is 11.6 Å². The van der Waals surface area contributed by atoms with Crippen molar-refractivity contribution in [2.45, 2.75) is 32.5 Å². The quantitative estimate of drug-likeness (QED) is 0.307. The van der Waals surface area contributed by atoms with Crippen LogP contribution in [0.2, 0.25) is 0 Å². The smallest absolute Gasteiger partial charge is 0.435 e. The Morgan fingerprint density at radius 1 is 1.14 bits per heavy atom. The summed E-state index contributed by atoms with van der Waals surface area (Å²) in [5, 5.41) is 9.13. The molecule has 9 heteroatoms. The van der Waals surface area contributed by atoms with Gasteiger partial charge in [0.15, 0.2) is 5.69 Å². The van der Waals surface area contributed by atoms with E-state index in [1.54, 1.807) is 25.1 Å². The van der Waals surface area contributed by atoms with E-state index in [2.05, 4.69) is 4.98 Å². The Labute approximate surface area is 211 Å². The zero-order valence-electron chi connectivity index (χ0n) is 20.2. The molecule has 4 aromatic rings. The molecule has 2 heterocycles. The van der Waals surface area contributed by atoms with E-state index in [0.29, 0.717) is 35.5 Å². The van der Waals surface area contributed by atoms with Crippen LogP contribution < -0.4 is 9.47 Å². The molecule has 2 atom stereocenters. The lowest BCUT2D eigenvalue weighted by Gasteiger charge is -2.15. The first-order chi connectivity index (χ1) is 17.7. The molecule has 2 aromatic heterocycles. The number of imidazole rings is 1. The number of aromatic nitrogens is 2. The van der Waals surface area contributed by atoms with Gasteiger partial charge in [-0.15, -0.1) is 0 Å². The summed E-state index contributed by atoms with van der Waals surface area (Å²) in [6.45, 7) is 1.93. The Bertz CT molecular complexity index is 1480. The topological polar surface area (TPSA) is 73.1 Å². The standard InChI is InChI=1S/C28H25F3N2O4/c1-16-18(15-37-21-7-3-5-17(12-21)11-19-13-23(19)27(34)35)6-4-8-22(16)25-26(28(29,30)31)32-24-14-20(36-2)9-10-33(24)25/h3-10,12,14,19,23H,11,13,15H2,1-2H3,(H,34,35)/t19-,23?/m1/s1. The van der Waals surface area contributed by atoms with Gasteiger partial charge in [0.2, 0.25) is 0 Å². The minimum atomic E-state index is -4.64. The maximum absolute atomic E-state index is 14.0. The molecule has 1 fully saturated rings. The van der Waals surface area contributed by atoms with Crippen LogP contribution in [0.5, 0.6) is 11.5 Å². The maximum Gasteiger partial charge on any atom is 0.435 e. The molecule has 1 aliphatic rings. The summed E-state index contributed by atoms with van der Waals surface area (Å²) in [6.07, 6.45) is -1.77. The summed E-state index contributed by atoms with van der Waals surface area (Å²) in [6, 6.07) is 15.7. The Morgan fingerprint density at radius 3 is 2.62 bits per heavy atom. The summed E-state index contributed by atoms with van der Waals surface area (Å²) in [7, 11) is 1.45. The number of rotatable bonds is 8. The lowest BCUT2D eigenvalue weighted by atomic mass is 9.99. The summed E-state index contributed by atoms with van der Waals surface area (Å²) < 4.78 is 54.6. The molecule has 0 amide bonds. The van der Waals surface area contributed by atoms with Gasteiger partial charge >= 0.3 is 12.1 Å². The van der Waals surface area contributed by atoms with Gasteiger partial charge in [-0.1, -0.05) is 30.3 Å². The molecule has 1 N–H and O–H groups in total. The first kappa shape index (κ1) is 24.7. The molecule has 37 heavy (non-hydrogen) atoms. The van der Waals surface area contributed by atoms with Crippen LogP contribution in [0.15, 0.2) is 60.8 Å². The van der Waals surface area contributed by atoms with E-state index >= 15 is 0 Å². The first-order valence-corrected chi connectivity index (χ1v) is 11.8. The molecule has 5 rings (SSSR count). The second-order valence-corrected chi connectivity index (χ2v) is 9.27. The van der Waals surface area contributed by atoms with Crippen molar-refractivity contribution in [3.05, 3.63) is 83.2 Å². The zero-order chi connectivity index (χ0) is 26.3. The Kier molecular flexibility index (Phi) is 6.31. The summed E-state index contributed by atoms with van der Waals surface area (Å²) in [4.78, 5) is 15.0. The highest BCUT2D eigenvalue weighted by molar-refractivity contribution is 5.73. The minimum Gasteiger partial charge on any atom is -0.497 e. The number of alkyl halides is 3. The van der Waals surface area contributed by atoms with Gasteiger partial charge in [-0.25, -0.2) is 4.98 Å². The molecule has 1 saturated carbocycles. The molecule has 0 radical (unpaired) electrons. The van der Waals surface area contributed by atoms with Gasteiger partial charge in [-0.3, -0.25) is 9.20 Å². The lowest BCUT2D eigenvalue weighted by molar-refractivity contribution is -0.140. The normalized spacial score (nSPS) is 17.1. The molecule has 192 valence electrons. The summed E-state index contributed by atoms with van der Waals surface area (Å²) >= 11 is 0. The van der Waals surface area contributed by atoms with E-state index in [1.165, 1.54) is 23.8 Å². The summed E-state index contributed by atoms with van der Waals surface area (Å²) in [5.41, 5.74) is 1.94. The fourth-order valence-electron chi connectivity index (χ4n) is 4.71. The third-order valence-electron chi connectivity index (χ3n) is 6.83. The van der Waals surface area contributed by atoms with E-state index in [-0.39, 0.29) is 29.8 Å². The molecular formula is C28H25F3N2O4. The molecule has 1 aliphatic carbocycles. The predicted molar refractivity (Wildman–Crippen MR) is 131 cm³/mol. The van der Waals surface area contributed by atoms with Crippen LogP contribution >= 0.6 is 0 Å². The van der Waals surface area contributed by atoms with E-state index in [4.69, 9.17) is 14.6 Å². The molecule has 0 bridgehead atoms. The van der Waals surface area contributed by atoms with E-state index < -0.39 is 17.8 Å². The van der Waals surface area contributed by atoms with Gasteiger partial charge < -0.3 is 14.6 Å². The number of hydrogen-bond acceptors (Lipinski definition) is 4. The van der Waals surface area contributed by atoms with Gasteiger partial charge in [0, 0.05) is 17.8 Å². The van der Waals surface area contributed by atoms with Crippen LogP contribution in [0.3, 0.4) is 0 Å². The monoisotopic (exact) mass is 510 g/mol. The number of carboxylic acids is 1. The number of carboxylic acid groups (broad SMARTS) is 1. The second kappa shape index (κ2) is 9.46. The van der Waals surface area contributed by atoms with Crippen LogP contribution in [0.25, 0.3) is 16.9 Å². The SMILES string of the molecule is COc1ccn2c(-c3cccc(COc4cccc(C[C@@H]5CC5C(=O)O)c4)c3C)c(C(F)(F)F)nc2c1. The van der Waals surface area contributed by atoms with Crippen molar-refractivity contribution in [3.8, 4) is 22.8 Å². The number of nitrogens with zero attached hydrogens (tertiary/aromatic N) is 2. The number of aliphatic carboxylic acids is 1. The lowest BCUT2D eigenvalue weighted by Crippen LogP contribution is -2.09. The number of methoxy groups -OCH3 is 1. The number of ether oxygens (including phenoxy) is 2. The van der Waals surface area contributed by atoms with Crippen molar-refractivity contribution < 1.29 is 32.5 Å². The fraction of sp³-hybridized carbons (Fsp3) is 0.286. The molecule has 1 unspecified atom stereocenters. The Morgan fingerprint density at radius 2 is 1.92 bits per heavy atom. The number of benzene rings is 2. The molecular weight excluding hydrogens is 485 g/mol. The van der Waals surface area contributed by atoms with Crippen molar-refractivity contribution in [1.82, 2.24) is 9.38 Å². The van der Waals surface area contributed by atoms with E-state index in [0.717, 1.165) is 11.1 Å². The van der Waals surface area contributed by atoms with Gasteiger partial charge in [0.05, 0.1) is 18.7 Å². The van der Waals surface area contributed by atoms with Crippen molar-refractivity contribution in [1.29, 1.82) is 0 Å². The highest BCUT2D eigenvalue weighted by Crippen LogP contribution is 2.42. The average Bonchev–Trinajstić information content (AvgIpc) is 3.52. The number of fused-ring (bicyclic) bond motifs is 1. The van der Waals surface area contributed by atoms with Crippen molar-refractivity contribution in [3.63, 3.8) is 0 Å². The van der Waals surface area contributed by atoms with Crippen LogP contribution in [0, 0.1) is 18.8 Å². The van der Waals surface area contributed by atoms with Gasteiger partial charge in [0.25, 0.3) is 0 Å². The first-order valence-electron chi connectivity index (χ1n) is 11.8. The summed E-state index contributed by atoms with van der Waals surface area (Å²) in [5.74, 6) is 0.135.